The van der Waals surface area contributed by atoms with E-state index in [-0.39, 0.29) is 29.8 Å². The number of nitrogens with one attached hydrogen (secondary N) is 2. The Morgan fingerprint density at radius 3 is 2.89 bits per heavy atom. The molecule has 0 bridgehead atoms. The Hall–Kier alpha value is -1.10. The molecule has 0 aromatic rings. The average Bonchev–Trinajstić information content (AvgIpc) is 2.75. The summed E-state index contributed by atoms with van der Waals surface area (Å²) < 4.78 is 0. The zero-order chi connectivity index (χ0) is 13.1. The molecule has 2 rings (SSSR count). The molecule has 1 saturated carbocycles. The summed E-state index contributed by atoms with van der Waals surface area (Å²) in [5.41, 5.74) is 6.02. The minimum Gasteiger partial charge on any atom is -0.354 e. The third-order valence-electron chi connectivity index (χ3n) is 4.11. The fourth-order valence-corrected chi connectivity index (χ4v) is 2.89. The van der Waals surface area contributed by atoms with Crippen molar-refractivity contribution in [3.63, 3.8) is 0 Å². The molecule has 2 aliphatic rings. The van der Waals surface area contributed by atoms with Crippen LogP contribution in [0.25, 0.3) is 0 Å². The van der Waals surface area contributed by atoms with Crippen LogP contribution in [0, 0.1) is 11.8 Å². The maximum Gasteiger partial charge on any atom is 0.224 e. The normalized spacial score (nSPS) is 36.2. The molecule has 1 aliphatic carbocycles. The van der Waals surface area contributed by atoms with Gasteiger partial charge in [0, 0.05) is 25.0 Å². The first-order chi connectivity index (χ1) is 8.56. The predicted octanol–water partition coefficient (Wildman–Crippen LogP) is 0.145. The highest BCUT2D eigenvalue weighted by atomic mass is 16.2. The number of carbonyl (C=O) groups excluding carboxylic acids is 2. The zero-order valence-electron chi connectivity index (χ0n) is 10.9. The molecule has 4 N–H and O–H groups in total. The van der Waals surface area contributed by atoms with Crippen LogP contribution in [-0.4, -0.2) is 30.4 Å². The van der Waals surface area contributed by atoms with Crippen molar-refractivity contribution in [1.29, 1.82) is 0 Å². The number of rotatable bonds is 3. The van der Waals surface area contributed by atoms with E-state index >= 15 is 0 Å². The number of hydrogen-bond donors (Lipinski definition) is 3. The number of nitrogens with two attached hydrogens (primary N) is 1. The van der Waals surface area contributed by atoms with Gasteiger partial charge in [-0.25, -0.2) is 0 Å². The summed E-state index contributed by atoms with van der Waals surface area (Å²) in [5, 5.41) is 5.78. The molecule has 4 unspecified atom stereocenters. The second kappa shape index (κ2) is 5.69. The van der Waals surface area contributed by atoms with Gasteiger partial charge >= 0.3 is 0 Å². The fourth-order valence-electron chi connectivity index (χ4n) is 2.89. The lowest BCUT2D eigenvalue weighted by Gasteiger charge is -2.31. The molecule has 18 heavy (non-hydrogen) atoms. The predicted molar refractivity (Wildman–Crippen MR) is 68.7 cm³/mol. The minimum atomic E-state index is -0.0640. The highest BCUT2D eigenvalue weighted by molar-refractivity contribution is 5.80. The van der Waals surface area contributed by atoms with Gasteiger partial charge in [0.2, 0.25) is 11.8 Å². The van der Waals surface area contributed by atoms with Gasteiger partial charge in [0.1, 0.15) is 0 Å². The van der Waals surface area contributed by atoms with Crippen molar-refractivity contribution in [2.45, 2.75) is 51.1 Å². The summed E-state index contributed by atoms with van der Waals surface area (Å²) in [7, 11) is 0. The van der Waals surface area contributed by atoms with E-state index < -0.39 is 0 Å². The van der Waals surface area contributed by atoms with Gasteiger partial charge in [-0.2, -0.15) is 0 Å². The van der Waals surface area contributed by atoms with Gasteiger partial charge in [-0.15, -0.1) is 0 Å². The van der Waals surface area contributed by atoms with Gasteiger partial charge in [-0.1, -0.05) is 6.92 Å². The van der Waals surface area contributed by atoms with Crippen LogP contribution in [0.3, 0.4) is 0 Å². The highest BCUT2D eigenvalue weighted by Gasteiger charge is 2.32. The number of amides is 2. The van der Waals surface area contributed by atoms with E-state index in [0.29, 0.717) is 18.9 Å². The van der Waals surface area contributed by atoms with Crippen LogP contribution in [0.4, 0.5) is 0 Å². The van der Waals surface area contributed by atoms with E-state index in [0.717, 1.165) is 25.7 Å². The molecular formula is C13H23N3O2. The van der Waals surface area contributed by atoms with E-state index in [1.807, 2.05) is 0 Å². The molecule has 0 radical (unpaired) electrons. The van der Waals surface area contributed by atoms with E-state index in [2.05, 4.69) is 17.6 Å². The van der Waals surface area contributed by atoms with Crippen LogP contribution < -0.4 is 16.4 Å². The second-order valence-corrected chi connectivity index (χ2v) is 5.74. The summed E-state index contributed by atoms with van der Waals surface area (Å²) in [5.74, 6) is 0.644. The van der Waals surface area contributed by atoms with Crippen molar-refractivity contribution in [3.8, 4) is 0 Å². The van der Waals surface area contributed by atoms with Crippen molar-refractivity contribution in [2.24, 2.45) is 17.6 Å². The molecule has 5 nitrogen and oxygen atoms in total. The standard InChI is InChI=1S/C13H23N3O2/c1-8-2-4-11(14)10(6-8)13(18)15-7-9-3-5-12(17)16-9/h8-11H,2-7,14H2,1H3,(H,15,18)(H,16,17). The summed E-state index contributed by atoms with van der Waals surface area (Å²) in [6.45, 7) is 2.70. The first-order valence-corrected chi connectivity index (χ1v) is 6.89. The Bertz CT molecular complexity index is 332. The Balaban J connectivity index is 1.78. The molecule has 1 heterocycles. The molecule has 1 aliphatic heterocycles. The summed E-state index contributed by atoms with van der Waals surface area (Å²) in [4.78, 5) is 23.1. The Morgan fingerprint density at radius 1 is 1.44 bits per heavy atom. The second-order valence-electron chi connectivity index (χ2n) is 5.74. The Labute approximate surface area is 108 Å². The highest BCUT2D eigenvalue weighted by Crippen LogP contribution is 2.28. The van der Waals surface area contributed by atoms with Gasteiger partial charge < -0.3 is 16.4 Å². The van der Waals surface area contributed by atoms with Gasteiger partial charge in [0.15, 0.2) is 0 Å². The molecule has 2 fully saturated rings. The zero-order valence-corrected chi connectivity index (χ0v) is 10.9. The molecule has 0 aromatic heterocycles. The molecule has 5 heteroatoms. The molecular weight excluding hydrogens is 230 g/mol. The van der Waals surface area contributed by atoms with E-state index in [1.165, 1.54) is 0 Å². The summed E-state index contributed by atoms with van der Waals surface area (Å²) in [6.07, 6.45) is 4.31. The maximum absolute atomic E-state index is 12.1. The van der Waals surface area contributed by atoms with Crippen molar-refractivity contribution in [2.75, 3.05) is 6.54 Å². The Kier molecular flexibility index (Phi) is 4.22. The van der Waals surface area contributed by atoms with Crippen LogP contribution >= 0.6 is 0 Å². The van der Waals surface area contributed by atoms with Crippen LogP contribution in [0.5, 0.6) is 0 Å². The molecule has 2 amide bonds. The van der Waals surface area contributed by atoms with Gasteiger partial charge in [0.25, 0.3) is 0 Å². The monoisotopic (exact) mass is 253 g/mol. The van der Waals surface area contributed by atoms with E-state index in [9.17, 15) is 9.59 Å². The molecule has 4 atom stereocenters. The minimum absolute atomic E-state index is 0.0145. The fraction of sp³-hybridized carbons (Fsp3) is 0.846. The molecule has 1 saturated heterocycles. The van der Waals surface area contributed by atoms with Crippen molar-refractivity contribution < 1.29 is 9.59 Å². The van der Waals surface area contributed by atoms with Crippen LogP contribution in [-0.2, 0) is 9.59 Å². The molecule has 0 aromatic carbocycles. The van der Waals surface area contributed by atoms with Gasteiger partial charge in [-0.3, -0.25) is 9.59 Å². The van der Waals surface area contributed by atoms with Crippen molar-refractivity contribution >= 4 is 11.8 Å². The number of carbonyl (C=O) groups is 2. The lowest BCUT2D eigenvalue weighted by atomic mass is 9.79. The SMILES string of the molecule is CC1CCC(N)C(C(=O)NCC2CCC(=O)N2)C1. The molecule has 0 spiro atoms. The van der Waals surface area contributed by atoms with Gasteiger partial charge in [-0.05, 0) is 31.6 Å². The molecule has 102 valence electrons. The third-order valence-corrected chi connectivity index (χ3v) is 4.11. The lowest BCUT2D eigenvalue weighted by Crippen LogP contribution is -2.47. The average molecular weight is 253 g/mol. The van der Waals surface area contributed by atoms with Crippen LogP contribution in [0.15, 0.2) is 0 Å². The quantitative estimate of drug-likeness (QED) is 0.669. The number of hydrogen-bond acceptors (Lipinski definition) is 3. The van der Waals surface area contributed by atoms with Gasteiger partial charge in [0.05, 0.1) is 5.92 Å². The first kappa shape index (κ1) is 13.3. The van der Waals surface area contributed by atoms with Crippen LogP contribution in [0.1, 0.15) is 39.0 Å². The topological polar surface area (TPSA) is 84.2 Å². The van der Waals surface area contributed by atoms with Crippen LogP contribution in [0.2, 0.25) is 0 Å². The van der Waals surface area contributed by atoms with Crippen molar-refractivity contribution in [3.05, 3.63) is 0 Å². The summed E-state index contributed by atoms with van der Waals surface area (Å²) in [6, 6.07) is 0.0815. The van der Waals surface area contributed by atoms with Crippen molar-refractivity contribution in [1.82, 2.24) is 10.6 Å². The first-order valence-electron chi connectivity index (χ1n) is 6.89. The lowest BCUT2D eigenvalue weighted by molar-refractivity contribution is -0.127. The van der Waals surface area contributed by atoms with E-state index in [1.54, 1.807) is 0 Å². The van der Waals surface area contributed by atoms with E-state index in [4.69, 9.17) is 5.73 Å². The smallest absolute Gasteiger partial charge is 0.224 e. The maximum atomic E-state index is 12.1. The Morgan fingerprint density at radius 2 is 2.22 bits per heavy atom. The largest absolute Gasteiger partial charge is 0.354 e. The summed E-state index contributed by atoms with van der Waals surface area (Å²) >= 11 is 0. The third kappa shape index (κ3) is 3.22.